The minimum atomic E-state index is -0.285. The van der Waals surface area contributed by atoms with Gasteiger partial charge in [0.15, 0.2) is 11.6 Å². The molecule has 0 saturated heterocycles. The highest BCUT2D eigenvalue weighted by molar-refractivity contribution is 9.08. The van der Waals surface area contributed by atoms with Gasteiger partial charge in [-0.25, -0.2) is 4.98 Å². The monoisotopic (exact) mass is 485 g/mol. The van der Waals surface area contributed by atoms with E-state index in [1.54, 1.807) is 0 Å². The van der Waals surface area contributed by atoms with Crippen molar-refractivity contribution in [2.75, 3.05) is 6.54 Å². The maximum atomic E-state index is 13.4. The van der Waals surface area contributed by atoms with E-state index in [0.717, 1.165) is 34.5 Å². The van der Waals surface area contributed by atoms with Gasteiger partial charge in [0, 0.05) is 34.5 Å². The topological polar surface area (TPSA) is 65.8 Å². The fraction of sp³-hybridized carbons (Fsp3) is 0.480. The standard InChI is InChI=1S/C25H32BrN3O2/c1-8-17-10-9-15-13-29(23(28-26)21(15)27-17)14-20(30)16-11-18(24(2,3)4)22(31)19(12-16)25(5,6)7/h9-12,31H,8,13-14H2,1-7H3/b28-23-. The van der Waals surface area contributed by atoms with E-state index in [4.69, 9.17) is 4.98 Å². The molecule has 5 nitrogen and oxygen atoms in total. The van der Waals surface area contributed by atoms with E-state index in [1.807, 2.05) is 64.6 Å². The zero-order chi connectivity index (χ0) is 23.1. The molecule has 0 aliphatic carbocycles. The number of rotatable bonds is 4. The molecule has 0 unspecified atom stereocenters. The molecule has 31 heavy (non-hydrogen) atoms. The number of carbonyl (C=O) groups is 1. The first-order valence-corrected chi connectivity index (χ1v) is 11.4. The Labute approximate surface area is 194 Å². The molecule has 3 rings (SSSR count). The summed E-state index contributed by atoms with van der Waals surface area (Å²) in [5, 5.41) is 10.9. The van der Waals surface area contributed by atoms with Gasteiger partial charge in [0.2, 0.25) is 0 Å². The number of phenols is 1. The molecule has 0 spiro atoms. The molecule has 1 N–H and O–H groups in total. The molecule has 1 aliphatic rings. The second-order valence-corrected chi connectivity index (χ2v) is 10.6. The van der Waals surface area contributed by atoms with E-state index < -0.39 is 0 Å². The molecule has 0 atom stereocenters. The molecular weight excluding hydrogens is 454 g/mol. The summed E-state index contributed by atoms with van der Waals surface area (Å²) in [4.78, 5) is 20.1. The Morgan fingerprint density at radius 2 is 1.71 bits per heavy atom. The second-order valence-electron chi connectivity index (χ2n) is 10.3. The number of amidine groups is 1. The largest absolute Gasteiger partial charge is 0.507 e. The SMILES string of the molecule is CCc1ccc2c(n1)/C(=N/Br)N(CC(=O)c1cc(C(C)(C)C)c(O)c(C(C)(C)C)c1)C2. The van der Waals surface area contributed by atoms with Crippen LogP contribution in [0.1, 0.15) is 86.9 Å². The number of ketones is 1. The zero-order valence-corrected chi connectivity index (χ0v) is 21.1. The minimum absolute atomic E-state index is 0.00632. The van der Waals surface area contributed by atoms with E-state index in [-0.39, 0.29) is 28.9 Å². The van der Waals surface area contributed by atoms with Gasteiger partial charge in [-0.1, -0.05) is 54.5 Å². The van der Waals surface area contributed by atoms with Crippen molar-refractivity contribution in [2.24, 2.45) is 4.02 Å². The molecule has 1 aliphatic heterocycles. The number of nitrogens with zero attached hydrogens (tertiary/aromatic N) is 3. The smallest absolute Gasteiger partial charge is 0.182 e. The molecule has 1 aromatic heterocycles. The van der Waals surface area contributed by atoms with Crippen LogP contribution >= 0.6 is 16.1 Å². The Morgan fingerprint density at radius 1 is 1.13 bits per heavy atom. The number of hydrogen-bond acceptors (Lipinski definition) is 4. The Morgan fingerprint density at radius 3 is 2.19 bits per heavy atom. The van der Waals surface area contributed by atoms with Crippen molar-refractivity contribution in [1.29, 1.82) is 0 Å². The highest BCUT2D eigenvalue weighted by Gasteiger charge is 2.31. The van der Waals surface area contributed by atoms with E-state index >= 15 is 0 Å². The summed E-state index contributed by atoms with van der Waals surface area (Å²) in [6.07, 6.45) is 0.848. The zero-order valence-electron chi connectivity index (χ0n) is 19.5. The summed E-state index contributed by atoms with van der Waals surface area (Å²) in [5.41, 5.74) is 4.53. The molecule has 0 amide bonds. The average Bonchev–Trinajstić information content (AvgIpc) is 3.01. The molecule has 2 heterocycles. The number of phenolic OH excluding ortho intramolecular Hbond substituents is 1. The summed E-state index contributed by atoms with van der Waals surface area (Å²) < 4.78 is 4.26. The number of halogens is 1. The molecule has 0 fully saturated rings. The average molecular weight is 486 g/mol. The van der Waals surface area contributed by atoms with Crippen molar-refractivity contribution in [3.8, 4) is 5.75 Å². The first-order valence-electron chi connectivity index (χ1n) is 10.7. The molecule has 0 bridgehead atoms. The summed E-state index contributed by atoms with van der Waals surface area (Å²) in [5.74, 6) is 0.960. The summed E-state index contributed by atoms with van der Waals surface area (Å²) in [6, 6.07) is 7.78. The minimum Gasteiger partial charge on any atom is -0.507 e. The van der Waals surface area contributed by atoms with Crippen LogP contribution in [0.25, 0.3) is 0 Å². The van der Waals surface area contributed by atoms with E-state index in [0.29, 0.717) is 17.9 Å². The predicted octanol–water partition coefficient (Wildman–Crippen LogP) is 5.70. The van der Waals surface area contributed by atoms with Crippen molar-refractivity contribution in [2.45, 2.75) is 72.3 Å². The van der Waals surface area contributed by atoms with Crippen molar-refractivity contribution in [3.05, 3.63) is 57.9 Å². The normalized spacial score (nSPS) is 15.5. The molecule has 0 saturated carbocycles. The van der Waals surface area contributed by atoms with Crippen molar-refractivity contribution in [3.63, 3.8) is 0 Å². The van der Waals surface area contributed by atoms with Gasteiger partial charge < -0.3 is 10.0 Å². The molecule has 1 aromatic carbocycles. The first-order chi connectivity index (χ1) is 14.4. The van der Waals surface area contributed by atoms with Gasteiger partial charge in [0.1, 0.15) is 11.4 Å². The summed E-state index contributed by atoms with van der Waals surface area (Å²) in [7, 11) is 0. The van der Waals surface area contributed by atoms with E-state index in [1.165, 1.54) is 0 Å². The van der Waals surface area contributed by atoms with Gasteiger partial charge >= 0.3 is 0 Å². The van der Waals surface area contributed by atoms with Crippen molar-refractivity contribution >= 4 is 27.8 Å². The lowest BCUT2D eigenvalue weighted by Crippen LogP contribution is -2.31. The highest BCUT2D eigenvalue weighted by Crippen LogP contribution is 2.40. The molecule has 166 valence electrons. The number of aromatic hydroxyl groups is 1. The van der Waals surface area contributed by atoms with Crippen LogP contribution in [0.15, 0.2) is 28.3 Å². The van der Waals surface area contributed by atoms with E-state index in [2.05, 4.69) is 33.2 Å². The van der Waals surface area contributed by atoms with Crippen LogP contribution in [0.4, 0.5) is 0 Å². The lowest BCUT2D eigenvalue weighted by Gasteiger charge is -2.28. The number of carbonyl (C=O) groups excluding carboxylic acids is 1. The van der Waals surface area contributed by atoms with Gasteiger partial charge in [-0.05, 0) is 35.4 Å². The Kier molecular flexibility index (Phi) is 6.34. The second kappa shape index (κ2) is 8.38. The van der Waals surface area contributed by atoms with E-state index in [9.17, 15) is 9.90 Å². The maximum absolute atomic E-state index is 13.4. The Balaban J connectivity index is 1.97. The number of aryl methyl sites for hydroxylation is 1. The Hall–Kier alpha value is -2.21. The number of benzene rings is 1. The number of fused-ring (bicyclic) bond motifs is 1. The highest BCUT2D eigenvalue weighted by atomic mass is 79.9. The van der Waals surface area contributed by atoms with Crippen LogP contribution < -0.4 is 0 Å². The molecular formula is C25H32BrN3O2. The Bertz CT molecular complexity index is 1010. The van der Waals surface area contributed by atoms with Crippen LogP contribution in [0, 0.1) is 0 Å². The van der Waals surface area contributed by atoms with Crippen molar-refractivity contribution < 1.29 is 9.90 Å². The van der Waals surface area contributed by atoms with Crippen LogP contribution in [0.2, 0.25) is 0 Å². The lowest BCUT2D eigenvalue weighted by atomic mass is 9.78. The van der Waals surface area contributed by atoms with Crippen LogP contribution in [0.3, 0.4) is 0 Å². The van der Waals surface area contributed by atoms with Crippen LogP contribution in [0.5, 0.6) is 5.75 Å². The van der Waals surface area contributed by atoms with Gasteiger partial charge in [-0.3, -0.25) is 4.79 Å². The third kappa shape index (κ3) is 4.69. The number of pyridine rings is 1. The predicted molar refractivity (Wildman–Crippen MR) is 129 cm³/mol. The number of hydrogen-bond donors (Lipinski definition) is 1. The third-order valence-corrected chi connectivity index (χ3v) is 6.07. The van der Waals surface area contributed by atoms with Gasteiger partial charge in [-0.2, -0.15) is 4.02 Å². The molecule has 2 aromatic rings. The van der Waals surface area contributed by atoms with Crippen LogP contribution in [-0.4, -0.2) is 33.2 Å². The first kappa shape index (κ1) is 23.5. The maximum Gasteiger partial charge on any atom is 0.182 e. The number of Topliss-reactive ketones (excluding diaryl/α,β-unsaturated/α-hetero) is 1. The quantitative estimate of drug-likeness (QED) is 0.563. The van der Waals surface area contributed by atoms with Crippen LogP contribution in [-0.2, 0) is 23.8 Å². The molecule has 0 radical (unpaired) electrons. The fourth-order valence-corrected chi connectivity index (χ4v) is 4.30. The summed E-state index contributed by atoms with van der Waals surface area (Å²) >= 11 is 3.23. The van der Waals surface area contributed by atoms with Gasteiger partial charge in [0.25, 0.3) is 0 Å². The van der Waals surface area contributed by atoms with Gasteiger partial charge in [-0.15, -0.1) is 0 Å². The summed E-state index contributed by atoms with van der Waals surface area (Å²) in [6.45, 7) is 15.1. The molecule has 6 heteroatoms. The number of aromatic nitrogens is 1. The third-order valence-electron chi connectivity index (χ3n) is 5.73. The fourth-order valence-electron chi connectivity index (χ4n) is 3.90. The lowest BCUT2D eigenvalue weighted by molar-refractivity contribution is 0.0962. The van der Waals surface area contributed by atoms with Gasteiger partial charge in [0.05, 0.1) is 22.7 Å². The van der Waals surface area contributed by atoms with Crippen molar-refractivity contribution in [1.82, 2.24) is 9.88 Å².